The maximum absolute atomic E-state index is 12.0. The Morgan fingerprint density at radius 3 is 1.81 bits per heavy atom. The fraction of sp³-hybridized carbons (Fsp3) is 0.261. The maximum Gasteiger partial charge on any atom is 0.337 e. The number of methoxy groups -OCH3 is 1. The van der Waals surface area contributed by atoms with E-state index in [9.17, 15) is 24.0 Å². The van der Waals surface area contributed by atoms with Crippen molar-refractivity contribution < 1.29 is 33.4 Å². The fourth-order valence-electron chi connectivity index (χ4n) is 2.63. The third-order valence-electron chi connectivity index (χ3n) is 4.31. The molecule has 0 saturated carbocycles. The van der Waals surface area contributed by atoms with Crippen LogP contribution in [0, 0.1) is 0 Å². The SMILES string of the molecule is COC(=O)c1ccc(NC(=O)CCCC(=O)OCC(=O)Nc2ccc(C(C)=O)cc2)cc1. The van der Waals surface area contributed by atoms with E-state index in [1.165, 1.54) is 26.2 Å². The summed E-state index contributed by atoms with van der Waals surface area (Å²) in [5, 5.41) is 5.22. The van der Waals surface area contributed by atoms with Crippen LogP contribution in [0.3, 0.4) is 0 Å². The molecule has 0 saturated heterocycles. The van der Waals surface area contributed by atoms with E-state index >= 15 is 0 Å². The summed E-state index contributed by atoms with van der Waals surface area (Å²) in [6.07, 6.45) is 0.316. The maximum atomic E-state index is 12.0. The number of rotatable bonds is 10. The predicted molar refractivity (Wildman–Crippen MR) is 116 cm³/mol. The molecule has 9 nitrogen and oxygen atoms in total. The van der Waals surface area contributed by atoms with Gasteiger partial charge in [-0.25, -0.2) is 4.79 Å². The van der Waals surface area contributed by atoms with Gasteiger partial charge in [0.15, 0.2) is 12.4 Å². The number of amides is 2. The summed E-state index contributed by atoms with van der Waals surface area (Å²) >= 11 is 0. The number of carbonyl (C=O) groups is 5. The molecular weight excluding hydrogens is 416 g/mol. The first-order valence-corrected chi connectivity index (χ1v) is 9.83. The van der Waals surface area contributed by atoms with E-state index in [2.05, 4.69) is 15.4 Å². The van der Waals surface area contributed by atoms with Crippen molar-refractivity contribution in [3.8, 4) is 0 Å². The molecule has 2 N–H and O–H groups in total. The zero-order valence-corrected chi connectivity index (χ0v) is 17.8. The fourth-order valence-corrected chi connectivity index (χ4v) is 2.63. The van der Waals surface area contributed by atoms with Crippen LogP contribution in [0.5, 0.6) is 0 Å². The van der Waals surface area contributed by atoms with E-state index in [4.69, 9.17) is 4.74 Å². The number of anilines is 2. The Labute approximate surface area is 185 Å². The largest absolute Gasteiger partial charge is 0.465 e. The lowest BCUT2D eigenvalue weighted by molar-refractivity contribution is -0.147. The smallest absolute Gasteiger partial charge is 0.337 e. The molecule has 2 aromatic rings. The first kappa shape index (κ1) is 24.3. The molecule has 0 spiro atoms. The highest BCUT2D eigenvalue weighted by Crippen LogP contribution is 2.12. The number of esters is 2. The first-order chi connectivity index (χ1) is 15.3. The predicted octanol–water partition coefficient (Wildman–Crippen LogP) is 2.97. The Morgan fingerprint density at radius 1 is 0.750 bits per heavy atom. The second-order valence-electron chi connectivity index (χ2n) is 6.81. The molecule has 0 fully saturated rings. The van der Waals surface area contributed by atoms with Gasteiger partial charge in [-0.1, -0.05) is 0 Å². The van der Waals surface area contributed by atoms with E-state index in [1.807, 2.05) is 0 Å². The third-order valence-corrected chi connectivity index (χ3v) is 4.31. The summed E-state index contributed by atoms with van der Waals surface area (Å²) < 4.78 is 9.51. The standard InChI is InChI=1S/C23H24N2O7/c1-15(26)16-6-10-19(11-7-16)25-21(28)14-32-22(29)5-3-4-20(27)24-18-12-8-17(9-13-18)23(30)31-2/h6-13H,3-5,14H2,1-2H3,(H,24,27)(H,25,28). The van der Waals surface area contributed by atoms with Crippen LogP contribution >= 0.6 is 0 Å². The van der Waals surface area contributed by atoms with Crippen molar-refractivity contribution in [2.75, 3.05) is 24.4 Å². The molecule has 9 heteroatoms. The molecule has 0 bridgehead atoms. The average Bonchev–Trinajstić information content (AvgIpc) is 2.78. The highest BCUT2D eigenvalue weighted by Gasteiger charge is 2.11. The van der Waals surface area contributed by atoms with Gasteiger partial charge in [0.1, 0.15) is 0 Å². The Bertz CT molecular complexity index is 982. The average molecular weight is 440 g/mol. The summed E-state index contributed by atoms with van der Waals surface area (Å²) in [5.74, 6) is -1.96. The molecule has 32 heavy (non-hydrogen) atoms. The van der Waals surface area contributed by atoms with Crippen LogP contribution in [0.15, 0.2) is 48.5 Å². The number of Topliss-reactive ketones (excluding diaryl/α,β-unsaturated/α-hetero) is 1. The van der Waals surface area contributed by atoms with Gasteiger partial charge in [0.25, 0.3) is 5.91 Å². The second-order valence-corrected chi connectivity index (χ2v) is 6.81. The number of ketones is 1. The van der Waals surface area contributed by atoms with Gasteiger partial charge in [-0.05, 0) is 61.9 Å². The molecule has 0 radical (unpaired) electrons. The monoisotopic (exact) mass is 440 g/mol. The van der Waals surface area contributed by atoms with Gasteiger partial charge >= 0.3 is 11.9 Å². The zero-order valence-electron chi connectivity index (χ0n) is 17.8. The summed E-state index contributed by atoms with van der Waals surface area (Å²) in [6.45, 7) is 0.992. The molecule has 0 unspecified atom stereocenters. The number of ether oxygens (including phenoxy) is 2. The van der Waals surface area contributed by atoms with Crippen LogP contribution in [0.25, 0.3) is 0 Å². The van der Waals surface area contributed by atoms with Crippen molar-refractivity contribution in [2.45, 2.75) is 26.2 Å². The Hall–Kier alpha value is -4.01. The van der Waals surface area contributed by atoms with Gasteiger partial charge in [-0.3, -0.25) is 19.2 Å². The van der Waals surface area contributed by atoms with Crippen molar-refractivity contribution in [2.24, 2.45) is 0 Å². The quantitative estimate of drug-likeness (QED) is 0.429. The lowest BCUT2D eigenvalue weighted by Crippen LogP contribution is -2.21. The number of nitrogens with one attached hydrogen (secondary N) is 2. The molecule has 2 rings (SSSR count). The first-order valence-electron chi connectivity index (χ1n) is 9.83. The summed E-state index contributed by atoms with van der Waals surface area (Å²) in [6, 6.07) is 12.5. The Balaban J connectivity index is 1.65. The number of benzene rings is 2. The van der Waals surface area contributed by atoms with Crippen LogP contribution in [0.4, 0.5) is 11.4 Å². The molecule has 2 amide bonds. The zero-order chi connectivity index (χ0) is 23.5. The van der Waals surface area contributed by atoms with Crippen LogP contribution in [-0.2, 0) is 23.9 Å². The van der Waals surface area contributed by atoms with Crippen molar-refractivity contribution in [1.29, 1.82) is 0 Å². The van der Waals surface area contributed by atoms with Gasteiger partial charge in [-0.2, -0.15) is 0 Å². The van der Waals surface area contributed by atoms with E-state index in [0.717, 1.165) is 0 Å². The Kier molecular flexibility index (Phi) is 9.09. The molecule has 0 aliphatic rings. The summed E-state index contributed by atoms with van der Waals surface area (Å²) in [7, 11) is 1.28. The van der Waals surface area contributed by atoms with E-state index < -0.39 is 24.5 Å². The van der Waals surface area contributed by atoms with E-state index in [0.29, 0.717) is 22.5 Å². The number of carbonyl (C=O) groups excluding carboxylic acids is 5. The van der Waals surface area contributed by atoms with Gasteiger partial charge in [0, 0.05) is 29.8 Å². The van der Waals surface area contributed by atoms with Gasteiger partial charge < -0.3 is 20.1 Å². The van der Waals surface area contributed by atoms with Gasteiger partial charge in [-0.15, -0.1) is 0 Å². The van der Waals surface area contributed by atoms with Crippen LogP contribution in [0.1, 0.15) is 46.9 Å². The molecule has 168 valence electrons. The molecule has 0 atom stereocenters. The van der Waals surface area contributed by atoms with Crippen LogP contribution < -0.4 is 10.6 Å². The van der Waals surface area contributed by atoms with E-state index in [1.54, 1.807) is 36.4 Å². The topological polar surface area (TPSA) is 128 Å². The van der Waals surface area contributed by atoms with Crippen molar-refractivity contribution in [3.63, 3.8) is 0 Å². The van der Waals surface area contributed by atoms with Crippen molar-refractivity contribution in [3.05, 3.63) is 59.7 Å². The highest BCUT2D eigenvalue weighted by atomic mass is 16.5. The summed E-state index contributed by atoms with van der Waals surface area (Å²) in [4.78, 5) is 58.2. The molecule has 0 aliphatic heterocycles. The Morgan fingerprint density at radius 2 is 1.28 bits per heavy atom. The lowest BCUT2D eigenvalue weighted by atomic mass is 10.1. The minimum atomic E-state index is -0.595. The van der Waals surface area contributed by atoms with Crippen molar-refractivity contribution >= 4 is 40.9 Å². The third kappa shape index (κ3) is 8.02. The number of hydrogen-bond donors (Lipinski definition) is 2. The minimum absolute atomic E-state index is 0.0186. The normalized spacial score (nSPS) is 10.1. The van der Waals surface area contributed by atoms with E-state index in [-0.39, 0.29) is 31.0 Å². The van der Waals surface area contributed by atoms with Crippen molar-refractivity contribution in [1.82, 2.24) is 0 Å². The highest BCUT2D eigenvalue weighted by molar-refractivity contribution is 5.96. The molecule has 0 aromatic heterocycles. The molecule has 2 aromatic carbocycles. The number of hydrogen-bond acceptors (Lipinski definition) is 7. The van der Waals surface area contributed by atoms with Gasteiger partial charge in [0.2, 0.25) is 5.91 Å². The summed E-state index contributed by atoms with van der Waals surface area (Å²) in [5.41, 5.74) is 1.88. The van der Waals surface area contributed by atoms with Crippen LogP contribution in [-0.4, -0.2) is 43.3 Å². The van der Waals surface area contributed by atoms with Crippen LogP contribution in [0.2, 0.25) is 0 Å². The second kappa shape index (κ2) is 12.0. The minimum Gasteiger partial charge on any atom is -0.465 e. The molecular formula is C23H24N2O7. The van der Waals surface area contributed by atoms with Gasteiger partial charge in [0.05, 0.1) is 12.7 Å². The molecule has 0 aliphatic carbocycles. The molecule has 0 heterocycles. The lowest BCUT2D eigenvalue weighted by Gasteiger charge is -2.08.